The number of methoxy groups -OCH3 is 1. The van der Waals surface area contributed by atoms with Gasteiger partial charge < -0.3 is 19.5 Å². The average Bonchev–Trinajstić information content (AvgIpc) is 2.98. The van der Waals surface area contributed by atoms with Crippen LogP contribution in [-0.4, -0.2) is 41.3 Å². The zero-order valence-electron chi connectivity index (χ0n) is 18.9. The summed E-state index contributed by atoms with van der Waals surface area (Å²) in [7, 11) is 1.50. The van der Waals surface area contributed by atoms with E-state index in [1.54, 1.807) is 30.3 Å². The van der Waals surface area contributed by atoms with E-state index in [2.05, 4.69) is 0 Å². The molecule has 1 aliphatic heterocycles. The summed E-state index contributed by atoms with van der Waals surface area (Å²) in [5.41, 5.74) is 2.68. The normalized spacial score (nSPS) is 17.5. The van der Waals surface area contributed by atoms with Crippen molar-refractivity contribution in [3.8, 4) is 11.5 Å². The lowest BCUT2D eigenvalue weighted by atomic mass is 9.93. The summed E-state index contributed by atoms with van der Waals surface area (Å²) in [5, 5.41) is 11.3. The van der Waals surface area contributed by atoms with Gasteiger partial charge in [-0.3, -0.25) is 14.4 Å². The Morgan fingerprint density at radius 2 is 1.78 bits per heavy atom. The van der Waals surface area contributed by atoms with Gasteiger partial charge in [0.05, 0.1) is 24.3 Å². The topological polar surface area (TPSA) is 93.1 Å². The molecule has 1 aliphatic rings. The van der Waals surface area contributed by atoms with Gasteiger partial charge in [0.25, 0.3) is 11.7 Å². The summed E-state index contributed by atoms with van der Waals surface area (Å²) in [4.78, 5) is 38.6. The monoisotopic (exact) mass is 437 g/mol. The maximum absolute atomic E-state index is 13.1. The van der Waals surface area contributed by atoms with Crippen LogP contribution in [0.4, 0.5) is 0 Å². The Morgan fingerprint density at radius 1 is 1.12 bits per heavy atom. The number of likely N-dealkylation sites (tertiary alicyclic amines) is 1. The van der Waals surface area contributed by atoms with Gasteiger partial charge in [0.2, 0.25) is 0 Å². The van der Waals surface area contributed by atoms with Crippen LogP contribution < -0.4 is 9.47 Å². The van der Waals surface area contributed by atoms with Crippen molar-refractivity contribution in [2.24, 2.45) is 0 Å². The van der Waals surface area contributed by atoms with E-state index in [0.29, 0.717) is 35.6 Å². The van der Waals surface area contributed by atoms with Crippen molar-refractivity contribution in [2.75, 3.05) is 13.7 Å². The van der Waals surface area contributed by atoms with Crippen LogP contribution in [-0.2, 0) is 14.4 Å². The fourth-order valence-electron chi connectivity index (χ4n) is 4.13. The molecule has 168 valence electrons. The van der Waals surface area contributed by atoms with E-state index in [1.807, 2.05) is 26.8 Å². The zero-order valence-corrected chi connectivity index (χ0v) is 18.9. The number of hydrogen-bond acceptors (Lipinski definition) is 6. The van der Waals surface area contributed by atoms with E-state index in [4.69, 9.17) is 9.47 Å². The number of Topliss-reactive ketones (excluding diaryl/α,β-unsaturated/α-hetero) is 1. The number of rotatable bonds is 6. The molecule has 1 N–H and O–H groups in total. The number of aliphatic hydroxyl groups is 1. The average molecular weight is 437 g/mol. The van der Waals surface area contributed by atoms with Gasteiger partial charge in [0.15, 0.2) is 0 Å². The number of hydrogen-bond donors (Lipinski definition) is 1. The molecule has 1 amide bonds. The van der Waals surface area contributed by atoms with Gasteiger partial charge in [-0.05, 0) is 55.2 Å². The van der Waals surface area contributed by atoms with E-state index in [0.717, 1.165) is 11.1 Å². The van der Waals surface area contributed by atoms with Crippen LogP contribution in [0.25, 0.3) is 5.76 Å². The minimum Gasteiger partial charge on any atom is -0.507 e. The Balaban J connectivity index is 2.21. The van der Waals surface area contributed by atoms with E-state index >= 15 is 0 Å². The highest BCUT2D eigenvalue weighted by atomic mass is 16.5. The van der Waals surface area contributed by atoms with Crippen LogP contribution in [0.1, 0.15) is 48.6 Å². The second kappa shape index (κ2) is 9.26. The number of aliphatic hydroxyl groups excluding tert-OH is 1. The molecule has 7 heteroatoms. The van der Waals surface area contributed by atoms with E-state index in [1.165, 1.54) is 18.9 Å². The number of carbonyl (C=O) groups is 3. The molecule has 0 radical (unpaired) electrons. The van der Waals surface area contributed by atoms with Gasteiger partial charge in [0.1, 0.15) is 17.3 Å². The maximum Gasteiger partial charge on any atom is 0.308 e. The fourth-order valence-corrected chi connectivity index (χ4v) is 4.13. The molecule has 3 rings (SSSR count). The predicted octanol–water partition coefficient (Wildman–Crippen LogP) is 4.07. The van der Waals surface area contributed by atoms with Crippen molar-refractivity contribution in [3.63, 3.8) is 0 Å². The van der Waals surface area contributed by atoms with E-state index < -0.39 is 23.7 Å². The first-order chi connectivity index (χ1) is 15.2. The number of aryl methyl sites for hydroxylation is 2. The molecular formula is C25H27NO6. The summed E-state index contributed by atoms with van der Waals surface area (Å²) < 4.78 is 10.6. The highest BCUT2D eigenvalue weighted by Gasteiger charge is 2.46. The van der Waals surface area contributed by atoms with Crippen LogP contribution >= 0.6 is 0 Å². The molecule has 0 aliphatic carbocycles. The second-order valence-electron chi connectivity index (χ2n) is 7.82. The molecule has 2 aromatic carbocycles. The third-order valence-electron chi connectivity index (χ3n) is 5.34. The molecule has 0 saturated carbocycles. The molecule has 0 spiro atoms. The third kappa shape index (κ3) is 4.23. The van der Waals surface area contributed by atoms with Gasteiger partial charge in [-0.1, -0.05) is 25.1 Å². The summed E-state index contributed by atoms with van der Waals surface area (Å²) in [6, 6.07) is 9.44. The van der Waals surface area contributed by atoms with Crippen LogP contribution in [0, 0.1) is 13.8 Å². The van der Waals surface area contributed by atoms with Crippen LogP contribution in [0.5, 0.6) is 11.5 Å². The first kappa shape index (κ1) is 23.1. The Bertz CT molecular complexity index is 1100. The molecule has 32 heavy (non-hydrogen) atoms. The molecule has 1 atom stereocenters. The van der Waals surface area contributed by atoms with Crippen LogP contribution in [0.2, 0.25) is 0 Å². The molecule has 2 aromatic rings. The summed E-state index contributed by atoms with van der Waals surface area (Å²) >= 11 is 0. The van der Waals surface area contributed by atoms with Crippen molar-refractivity contribution >= 4 is 23.4 Å². The van der Waals surface area contributed by atoms with Gasteiger partial charge in [0, 0.05) is 13.5 Å². The van der Waals surface area contributed by atoms with Gasteiger partial charge >= 0.3 is 5.97 Å². The summed E-state index contributed by atoms with van der Waals surface area (Å²) in [6.07, 6.45) is 0.641. The molecule has 1 saturated heterocycles. The molecule has 1 unspecified atom stereocenters. The quantitative estimate of drug-likeness (QED) is 0.241. The number of ether oxygens (including phenoxy) is 2. The SMILES string of the molecule is CCCN1C(=O)C(=O)/C(=C(/O)c2cc(C)cc(C)c2OC)C1c1ccc(OC(C)=O)cc1. The molecule has 0 bridgehead atoms. The summed E-state index contributed by atoms with van der Waals surface area (Å²) in [5.74, 6) is -1.34. The molecule has 1 fully saturated rings. The molecule has 7 nitrogen and oxygen atoms in total. The van der Waals surface area contributed by atoms with E-state index in [9.17, 15) is 19.5 Å². The minimum absolute atomic E-state index is 0.00647. The zero-order chi connectivity index (χ0) is 23.6. The Labute approximate surface area is 187 Å². The lowest BCUT2D eigenvalue weighted by Crippen LogP contribution is -2.30. The van der Waals surface area contributed by atoms with Gasteiger partial charge in [-0.15, -0.1) is 0 Å². The number of amides is 1. The smallest absolute Gasteiger partial charge is 0.308 e. The van der Waals surface area contributed by atoms with Gasteiger partial charge in [-0.2, -0.15) is 0 Å². The van der Waals surface area contributed by atoms with Crippen molar-refractivity contribution in [1.82, 2.24) is 4.90 Å². The van der Waals surface area contributed by atoms with Crippen LogP contribution in [0.3, 0.4) is 0 Å². The number of esters is 1. The largest absolute Gasteiger partial charge is 0.507 e. The molecule has 1 heterocycles. The van der Waals surface area contributed by atoms with Crippen LogP contribution in [0.15, 0.2) is 42.0 Å². The molecule has 0 aromatic heterocycles. The van der Waals surface area contributed by atoms with Crippen molar-refractivity contribution < 1.29 is 29.0 Å². The number of nitrogens with zero attached hydrogens (tertiary/aromatic N) is 1. The van der Waals surface area contributed by atoms with Crippen molar-refractivity contribution in [1.29, 1.82) is 0 Å². The molecular weight excluding hydrogens is 410 g/mol. The summed E-state index contributed by atoms with van der Waals surface area (Å²) in [6.45, 7) is 7.30. The van der Waals surface area contributed by atoms with Gasteiger partial charge in [-0.25, -0.2) is 0 Å². The third-order valence-corrected chi connectivity index (χ3v) is 5.34. The van der Waals surface area contributed by atoms with E-state index in [-0.39, 0.29) is 11.3 Å². The number of benzene rings is 2. The number of carbonyl (C=O) groups excluding carboxylic acids is 3. The fraction of sp³-hybridized carbons (Fsp3) is 0.320. The maximum atomic E-state index is 13.1. The first-order valence-electron chi connectivity index (χ1n) is 10.4. The van der Waals surface area contributed by atoms with Crippen molar-refractivity contribution in [2.45, 2.75) is 40.2 Å². The Kier molecular flexibility index (Phi) is 6.67. The standard InChI is InChI=1S/C25H27NO6/c1-6-11-26-21(17-7-9-18(10-8-17)32-16(4)27)20(23(29)25(26)30)22(28)19-13-14(2)12-15(3)24(19)31-5/h7-10,12-13,21,28H,6,11H2,1-5H3/b22-20+. The first-order valence-corrected chi connectivity index (χ1v) is 10.4. The Hall–Kier alpha value is -3.61. The highest BCUT2D eigenvalue weighted by Crippen LogP contribution is 2.42. The lowest BCUT2D eigenvalue weighted by molar-refractivity contribution is -0.139. The lowest BCUT2D eigenvalue weighted by Gasteiger charge is -2.25. The van der Waals surface area contributed by atoms with Crippen molar-refractivity contribution in [3.05, 3.63) is 64.2 Å². The predicted molar refractivity (Wildman–Crippen MR) is 120 cm³/mol. The Morgan fingerprint density at radius 3 is 2.34 bits per heavy atom. The number of ketones is 1. The second-order valence-corrected chi connectivity index (χ2v) is 7.82. The highest BCUT2D eigenvalue weighted by molar-refractivity contribution is 6.46. The minimum atomic E-state index is -0.771.